The van der Waals surface area contributed by atoms with Crippen LogP contribution >= 0.6 is 0 Å². The van der Waals surface area contributed by atoms with Gasteiger partial charge in [-0.2, -0.15) is 18.4 Å². The standard InChI is InChI=1S/C21H23F3N2/c1-26(2)14-13-20(16-25,12-11-17-7-4-3-5-8-17)18-9-6-10-19(15-18)21(22,23)24/h3-10,15H,11-14H2,1-2H3. The molecule has 0 aliphatic heterocycles. The molecule has 0 spiro atoms. The van der Waals surface area contributed by atoms with E-state index in [0.29, 0.717) is 31.4 Å². The molecule has 0 saturated heterocycles. The van der Waals surface area contributed by atoms with Gasteiger partial charge in [0.25, 0.3) is 0 Å². The van der Waals surface area contributed by atoms with Gasteiger partial charge in [-0.3, -0.25) is 0 Å². The van der Waals surface area contributed by atoms with Gasteiger partial charge in [0, 0.05) is 0 Å². The molecule has 0 aromatic heterocycles. The average molecular weight is 360 g/mol. The Bertz CT molecular complexity index is 748. The minimum Gasteiger partial charge on any atom is -0.309 e. The molecule has 1 unspecified atom stereocenters. The second-order valence-corrected chi connectivity index (χ2v) is 6.81. The molecule has 0 saturated carbocycles. The van der Waals surface area contributed by atoms with E-state index in [0.717, 1.165) is 17.7 Å². The van der Waals surface area contributed by atoms with Crippen LogP contribution in [0.1, 0.15) is 29.5 Å². The number of hydrogen-bond acceptors (Lipinski definition) is 2. The largest absolute Gasteiger partial charge is 0.416 e. The maximum Gasteiger partial charge on any atom is 0.416 e. The molecule has 0 amide bonds. The second-order valence-electron chi connectivity index (χ2n) is 6.81. The number of rotatable bonds is 7. The molecule has 2 aromatic carbocycles. The lowest BCUT2D eigenvalue weighted by Gasteiger charge is -2.29. The Hall–Kier alpha value is -2.32. The highest BCUT2D eigenvalue weighted by Gasteiger charge is 2.36. The minimum atomic E-state index is -4.42. The van der Waals surface area contributed by atoms with Crippen LogP contribution in [0, 0.1) is 11.3 Å². The molecule has 2 aromatic rings. The first kappa shape index (κ1) is 20.0. The summed E-state index contributed by atoms with van der Waals surface area (Å²) in [5.74, 6) is 0. The Kier molecular flexibility index (Phi) is 6.44. The van der Waals surface area contributed by atoms with Crippen LogP contribution in [0.5, 0.6) is 0 Å². The third kappa shape index (κ3) is 5.09. The lowest BCUT2D eigenvalue weighted by atomic mass is 9.74. The molecular weight excluding hydrogens is 337 g/mol. The van der Waals surface area contributed by atoms with Crippen LogP contribution in [0.25, 0.3) is 0 Å². The van der Waals surface area contributed by atoms with Gasteiger partial charge in [0.1, 0.15) is 0 Å². The molecule has 0 bridgehead atoms. The second kappa shape index (κ2) is 8.37. The van der Waals surface area contributed by atoms with Gasteiger partial charge in [-0.05, 0) is 57.1 Å². The highest BCUT2D eigenvalue weighted by atomic mass is 19.4. The summed E-state index contributed by atoms with van der Waals surface area (Å²) < 4.78 is 39.4. The summed E-state index contributed by atoms with van der Waals surface area (Å²) in [7, 11) is 3.79. The first-order valence-corrected chi connectivity index (χ1v) is 8.54. The van der Waals surface area contributed by atoms with Gasteiger partial charge in [-0.25, -0.2) is 0 Å². The molecule has 138 valence electrons. The Morgan fingerprint density at radius 1 is 0.923 bits per heavy atom. The van der Waals surface area contributed by atoms with Crippen molar-refractivity contribution in [1.29, 1.82) is 5.26 Å². The van der Waals surface area contributed by atoms with Crippen molar-refractivity contribution < 1.29 is 13.2 Å². The van der Waals surface area contributed by atoms with Crippen molar-refractivity contribution in [2.45, 2.75) is 30.9 Å². The van der Waals surface area contributed by atoms with Crippen LogP contribution in [0.4, 0.5) is 13.2 Å². The predicted molar refractivity (Wildman–Crippen MR) is 96.7 cm³/mol. The Morgan fingerprint density at radius 2 is 1.58 bits per heavy atom. The van der Waals surface area contributed by atoms with E-state index in [-0.39, 0.29) is 0 Å². The lowest BCUT2D eigenvalue weighted by molar-refractivity contribution is -0.137. The number of nitriles is 1. The van der Waals surface area contributed by atoms with Gasteiger partial charge in [-0.15, -0.1) is 0 Å². The number of aryl methyl sites for hydroxylation is 1. The number of nitrogens with zero attached hydrogens (tertiary/aromatic N) is 2. The Labute approximate surface area is 152 Å². The lowest BCUT2D eigenvalue weighted by Crippen LogP contribution is -2.30. The molecule has 0 fully saturated rings. The summed E-state index contributed by atoms with van der Waals surface area (Å²) in [6, 6.07) is 17.3. The Balaban J connectivity index is 2.37. The summed E-state index contributed by atoms with van der Waals surface area (Å²) in [5.41, 5.74) is -0.155. The molecule has 26 heavy (non-hydrogen) atoms. The van der Waals surface area contributed by atoms with E-state index in [1.165, 1.54) is 6.07 Å². The van der Waals surface area contributed by atoms with Crippen molar-refractivity contribution in [3.63, 3.8) is 0 Å². The van der Waals surface area contributed by atoms with Crippen LogP contribution in [0.3, 0.4) is 0 Å². The van der Waals surface area contributed by atoms with Crippen LogP contribution in [0.15, 0.2) is 54.6 Å². The van der Waals surface area contributed by atoms with Gasteiger partial charge in [0.2, 0.25) is 0 Å². The molecule has 5 heteroatoms. The molecule has 2 rings (SSSR count). The van der Waals surface area contributed by atoms with Crippen LogP contribution in [0.2, 0.25) is 0 Å². The van der Waals surface area contributed by atoms with Gasteiger partial charge >= 0.3 is 6.18 Å². The fourth-order valence-electron chi connectivity index (χ4n) is 3.00. The fourth-order valence-corrected chi connectivity index (χ4v) is 3.00. The smallest absolute Gasteiger partial charge is 0.309 e. The Morgan fingerprint density at radius 3 is 2.15 bits per heavy atom. The van der Waals surface area contributed by atoms with Gasteiger partial charge < -0.3 is 4.90 Å². The summed E-state index contributed by atoms with van der Waals surface area (Å²) >= 11 is 0. The minimum absolute atomic E-state index is 0.438. The third-order valence-corrected chi connectivity index (χ3v) is 4.63. The molecule has 0 radical (unpaired) electrons. The molecule has 2 nitrogen and oxygen atoms in total. The van der Waals surface area contributed by atoms with E-state index >= 15 is 0 Å². The van der Waals surface area contributed by atoms with Gasteiger partial charge in [0.15, 0.2) is 0 Å². The van der Waals surface area contributed by atoms with Gasteiger partial charge in [0.05, 0.1) is 17.0 Å². The highest BCUT2D eigenvalue weighted by Crippen LogP contribution is 2.37. The van der Waals surface area contributed by atoms with E-state index in [1.807, 2.05) is 49.3 Å². The summed E-state index contributed by atoms with van der Waals surface area (Å²) in [4.78, 5) is 1.95. The number of alkyl halides is 3. The van der Waals surface area contributed by atoms with E-state index in [2.05, 4.69) is 6.07 Å². The van der Waals surface area contributed by atoms with Crippen molar-refractivity contribution in [2.75, 3.05) is 20.6 Å². The molecular formula is C21H23F3N2. The molecule has 1 atom stereocenters. The first-order valence-electron chi connectivity index (χ1n) is 8.54. The van der Waals surface area contributed by atoms with Gasteiger partial charge in [-0.1, -0.05) is 48.5 Å². The van der Waals surface area contributed by atoms with Crippen LogP contribution < -0.4 is 0 Å². The zero-order valence-corrected chi connectivity index (χ0v) is 15.1. The first-order chi connectivity index (χ1) is 12.3. The van der Waals surface area contributed by atoms with Crippen molar-refractivity contribution >= 4 is 0 Å². The topological polar surface area (TPSA) is 27.0 Å². The number of benzene rings is 2. The monoisotopic (exact) mass is 360 g/mol. The van der Waals surface area contributed by atoms with Crippen molar-refractivity contribution in [3.8, 4) is 6.07 Å². The average Bonchev–Trinajstić information content (AvgIpc) is 2.62. The SMILES string of the molecule is CN(C)CCC(C#N)(CCc1ccccc1)c1cccc(C(F)(F)F)c1. The maximum atomic E-state index is 13.1. The molecule has 0 aliphatic rings. The van der Waals surface area contributed by atoms with Crippen molar-refractivity contribution in [1.82, 2.24) is 4.90 Å². The summed E-state index contributed by atoms with van der Waals surface area (Å²) in [5, 5.41) is 9.96. The van der Waals surface area contributed by atoms with E-state index in [4.69, 9.17) is 0 Å². The molecule has 0 aliphatic carbocycles. The normalized spacial score (nSPS) is 14.0. The van der Waals surface area contributed by atoms with E-state index < -0.39 is 17.2 Å². The number of hydrogen-bond donors (Lipinski definition) is 0. The van der Waals surface area contributed by atoms with Crippen molar-refractivity contribution in [3.05, 3.63) is 71.3 Å². The number of halogens is 3. The highest BCUT2D eigenvalue weighted by molar-refractivity contribution is 5.37. The summed E-state index contributed by atoms with van der Waals surface area (Å²) in [6.07, 6.45) is -2.83. The maximum absolute atomic E-state index is 13.1. The van der Waals surface area contributed by atoms with Crippen molar-refractivity contribution in [2.24, 2.45) is 0 Å². The molecule has 0 N–H and O–H groups in total. The van der Waals surface area contributed by atoms with E-state index in [1.54, 1.807) is 6.07 Å². The zero-order chi connectivity index (χ0) is 19.2. The third-order valence-electron chi connectivity index (χ3n) is 4.63. The summed E-state index contributed by atoms with van der Waals surface area (Å²) in [6.45, 7) is 0.624. The van der Waals surface area contributed by atoms with E-state index in [9.17, 15) is 18.4 Å². The fraction of sp³-hybridized carbons (Fsp3) is 0.381. The zero-order valence-electron chi connectivity index (χ0n) is 15.1. The predicted octanol–water partition coefficient (Wildman–Crippen LogP) is 5.05. The van der Waals surface area contributed by atoms with Crippen LogP contribution in [-0.4, -0.2) is 25.5 Å². The quantitative estimate of drug-likeness (QED) is 0.691. The van der Waals surface area contributed by atoms with Crippen LogP contribution in [-0.2, 0) is 18.0 Å². The molecule has 0 heterocycles.